The molecular formula is C23H32N2O3S. The Morgan fingerprint density at radius 1 is 1.03 bits per heavy atom. The fraction of sp³-hybridized carbons (Fsp3) is 0.478. The van der Waals surface area contributed by atoms with Crippen LogP contribution in [0.2, 0.25) is 0 Å². The van der Waals surface area contributed by atoms with E-state index in [1.165, 1.54) is 24.1 Å². The third kappa shape index (κ3) is 5.52. The van der Waals surface area contributed by atoms with Gasteiger partial charge in [-0.25, -0.2) is 13.1 Å². The summed E-state index contributed by atoms with van der Waals surface area (Å²) in [6.07, 6.45) is 4.16. The summed E-state index contributed by atoms with van der Waals surface area (Å²) >= 11 is 0. The molecule has 2 aromatic carbocycles. The Hall–Kier alpha value is -2.05. The van der Waals surface area contributed by atoms with Crippen LogP contribution in [0.1, 0.15) is 42.9 Å². The number of ether oxygens (including phenoxy) is 1. The Bertz CT molecular complexity index is 895. The second-order valence-electron chi connectivity index (χ2n) is 7.68. The van der Waals surface area contributed by atoms with Gasteiger partial charge in [-0.3, -0.25) is 0 Å². The zero-order valence-electron chi connectivity index (χ0n) is 17.7. The van der Waals surface area contributed by atoms with E-state index in [2.05, 4.69) is 33.9 Å². The van der Waals surface area contributed by atoms with E-state index in [-0.39, 0.29) is 0 Å². The minimum absolute atomic E-state index is 0.297. The van der Waals surface area contributed by atoms with Crippen LogP contribution in [0, 0.1) is 13.8 Å². The minimum Gasteiger partial charge on any atom is -0.493 e. The number of hydrogen-bond donors (Lipinski definition) is 1. The number of nitrogens with one attached hydrogen (secondary N) is 1. The van der Waals surface area contributed by atoms with E-state index >= 15 is 0 Å². The summed E-state index contributed by atoms with van der Waals surface area (Å²) in [5, 5.41) is 0. The van der Waals surface area contributed by atoms with Crippen LogP contribution in [0.4, 0.5) is 5.69 Å². The molecule has 6 heteroatoms. The first-order valence-electron chi connectivity index (χ1n) is 10.5. The van der Waals surface area contributed by atoms with Crippen LogP contribution in [0.25, 0.3) is 0 Å². The number of sulfonamides is 1. The third-order valence-electron chi connectivity index (χ3n) is 5.37. The van der Waals surface area contributed by atoms with Crippen molar-refractivity contribution in [1.29, 1.82) is 0 Å². The van der Waals surface area contributed by atoms with Crippen LogP contribution >= 0.6 is 0 Å². The highest BCUT2D eigenvalue weighted by Crippen LogP contribution is 2.27. The number of benzene rings is 2. The number of hydrogen-bond acceptors (Lipinski definition) is 4. The lowest BCUT2D eigenvalue weighted by Crippen LogP contribution is -2.25. The van der Waals surface area contributed by atoms with Crippen molar-refractivity contribution in [3.8, 4) is 5.75 Å². The maximum absolute atomic E-state index is 12.7. The standard InChI is InChI=1S/C23H32N2O3S/c1-4-28-23-18(2)16-22(17-19(23)3)29(26,27)24-13-7-8-20-9-11-21(12-10-20)25-14-5-6-15-25/h9-12,16-17,24H,4-8,13-15H2,1-3H3. The summed E-state index contributed by atoms with van der Waals surface area (Å²) in [4.78, 5) is 2.71. The van der Waals surface area contributed by atoms with Gasteiger partial charge in [0.05, 0.1) is 11.5 Å². The molecule has 29 heavy (non-hydrogen) atoms. The van der Waals surface area contributed by atoms with Crippen LogP contribution in [-0.2, 0) is 16.4 Å². The molecule has 2 aromatic rings. The van der Waals surface area contributed by atoms with Gasteiger partial charge in [-0.05, 0) is 87.4 Å². The Morgan fingerprint density at radius 2 is 1.66 bits per heavy atom. The summed E-state index contributed by atoms with van der Waals surface area (Å²) < 4.78 is 33.6. The molecule has 0 atom stereocenters. The molecule has 0 amide bonds. The molecule has 1 saturated heterocycles. The largest absolute Gasteiger partial charge is 0.493 e. The fourth-order valence-electron chi connectivity index (χ4n) is 3.87. The molecular weight excluding hydrogens is 384 g/mol. The molecule has 0 radical (unpaired) electrons. The molecule has 158 valence electrons. The number of nitrogens with zero attached hydrogens (tertiary/aromatic N) is 1. The first kappa shape index (κ1) is 21.7. The first-order chi connectivity index (χ1) is 13.9. The second-order valence-corrected chi connectivity index (χ2v) is 9.45. The number of rotatable bonds is 9. The summed E-state index contributed by atoms with van der Waals surface area (Å²) in [7, 11) is -3.52. The fourth-order valence-corrected chi connectivity index (χ4v) is 5.11. The molecule has 0 spiro atoms. The van der Waals surface area contributed by atoms with Gasteiger partial charge in [-0.1, -0.05) is 12.1 Å². The van der Waals surface area contributed by atoms with Gasteiger partial charge in [0.2, 0.25) is 10.0 Å². The van der Waals surface area contributed by atoms with E-state index in [4.69, 9.17) is 4.74 Å². The average molecular weight is 417 g/mol. The first-order valence-corrected chi connectivity index (χ1v) is 12.0. The van der Waals surface area contributed by atoms with E-state index in [1.54, 1.807) is 12.1 Å². The number of aryl methyl sites for hydroxylation is 3. The lowest BCUT2D eigenvalue weighted by molar-refractivity contribution is 0.335. The summed E-state index contributed by atoms with van der Waals surface area (Å²) in [6.45, 7) is 8.94. The van der Waals surface area contributed by atoms with Crippen molar-refractivity contribution >= 4 is 15.7 Å². The summed E-state index contributed by atoms with van der Waals surface area (Å²) in [5.74, 6) is 0.767. The predicted molar refractivity (Wildman–Crippen MR) is 118 cm³/mol. The molecule has 3 rings (SSSR count). The third-order valence-corrected chi connectivity index (χ3v) is 6.82. The molecule has 0 aliphatic carbocycles. The Morgan fingerprint density at radius 3 is 2.24 bits per heavy atom. The molecule has 1 aliphatic rings. The van der Waals surface area contributed by atoms with Crippen molar-refractivity contribution in [3.05, 3.63) is 53.1 Å². The van der Waals surface area contributed by atoms with Crippen molar-refractivity contribution in [2.75, 3.05) is 31.1 Å². The topological polar surface area (TPSA) is 58.6 Å². The molecule has 1 heterocycles. The van der Waals surface area contributed by atoms with Crippen molar-refractivity contribution in [1.82, 2.24) is 4.72 Å². The van der Waals surface area contributed by atoms with Crippen LogP contribution in [-0.4, -0.2) is 34.7 Å². The van der Waals surface area contributed by atoms with Crippen molar-refractivity contribution in [2.24, 2.45) is 0 Å². The molecule has 0 bridgehead atoms. The van der Waals surface area contributed by atoms with E-state index in [9.17, 15) is 8.42 Å². The zero-order valence-corrected chi connectivity index (χ0v) is 18.5. The highest BCUT2D eigenvalue weighted by molar-refractivity contribution is 7.89. The lowest BCUT2D eigenvalue weighted by atomic mass is 10.1. The van der Waals surface area contributed by atoms with Gasteiger partial charge in [0, 0.05) is 25.3 Å². The maximum Gasteiger partial charge on any atom is 0.240 e. The summed E-state index contributed by atoms with van der Waals surface area (Å²) in [6, 6.07) is 12.0. The van der Waals surface area contributed by atoms with Crippen molar-refractivity contribution < 1.29 is 13.2 Å². The van der Waals surface area contributed by atoms with Gasteiger partial charge in [-0.2, -0.15) is 0 Å². The van der Waals surface area contributed by atoms with Gasteiger partial charge in [0.1, 0.15) is 5.75 Å². The quantitative estimate of drug-likeness (QED) is 0.622. The second kappa shape index (κ2) is 9.63. The van der Waals surface area contributed by atoms with Crippen LogP contribution < -0.4 is 14.4 Å². The highest BCUT2D eigenvalue weighted by atomic mass is 32.2. The van der Waals surface area contributed by atoms with Gasteiger partial charge >= 0.3 is 0 Å². The Balaban J connectivity index is 1.53. The van der Waals surface area contributed by atoms with E-state index in [0.29, 0.717) is 18.0 Å². The molecule has 0 unspecified atom stereocenters. The molecule has 1 N–H and O–H groups in total. The average Bonchev–Trinajstić information content (AvgIpc) is 3.23. The van der Waals surface area contributed by atoms with E-state index in [1.807, 2.05) is 20.8 Å². The molecule has 0 saturated carbocycles. The summed E-state index contributed by atoms with van der Waals surface area (Å²) in [5.41, 5.74) is 4.20. The predicted octanol–water partition coefficient (Wildman–Crippen LogP) is 4.21. The zero-order chi connectivity index (χ0) is 20.9. The van der Waals surface area contributed by atoms with E-state index in [0.717, 1.165) is 42.8 Å². The molecule has 1 fully saturated rings. The molecule has 0 aromatic heterocycles. The van der Waals surface area contributed by atoms with E-state index < -0.39 is 10.0 Å². The monoisotopic (exact) mass is 416 g/mol. The molecule has 1 aliphatic heterocycles. The Kier molecular flexibility index (Phi) is 7.19. The SMILES string of the molecule is CCOc1c(C)cc(S(=O)(=O)NCCCc2ccc(N3CCCC3)cc2)cc1C. The van der Waals surface area contributed by atoms with Crippen molar-refractivity contribution in [3.63, 3.8) is 0 Å². The van der Waals surface area contributed by atoms with Gasteiger partial charge in [0.25, 0.3) is 0 Å². The maximum atomic E-state index is 12.7. The normalized spacial score (nSPS) is 14.4. The Labute approximate surface area is 175 Å². The number of anilines is 1. The van der Waals surface area contributed by atoms with Crippen LogP contribution in [0.3, 0.4) is 0 Å². The molecule has 5 nitrogen and oxygen atoms in total. The van der Waals surface area contributed by atoms with Gasteiger partial charge in [-0.15, -0.1) is 0 Å². The van der Waals surface area contributed by atoms with Crippen LogP contribution in [0.15, 0.2) is 41.3 Å². The highest BCUT2D eigenvalue weighted by Gasteiger charge is 2.17. The van der Waals surface area contributed by atoms with Crippen LogP contribution in [0.5, 0.6) is 5.75 Å². The van der Waals surface area contributed by atoms with Gasteiger partial charge in [0.15, 0.2) is 0 Å². The van der Waals surface area contributed by atoms with Crippen molar-refractivity contribution in [2.45, 2.75) is 51.3 Å². The lowest BCUT2D eigenvalue weighted by Gasteiger charge is -2.17. The minimum atomic E-state index is -3.52. The smallest absolute Gasteiger partial charge is 0.240 e. The van der Waals surface area contributed by atoms with Gasteiger partial charge < -0.3 is 9.64 Å².